The van der Waals surface area contributed by atoms with Gasteiger partial charge in [0.15, 0.2) is 17.7 Å². The molecule has 0 aromatic heterocycles. The highest BCUT2D eigenvalue weighted by Crippen LogP contribution is 2.19. The van der Waals surface area contributed by atoms with Crippen molar-refractivity contribution in [3.8, 4) is 5.75 Å². The molecule has 2 amide bonds. The lowest BCUT2D eigenvalue weighted by Gasteiger charge is -2.17. The summed E-state index contributed by atoms with van der Waals surface area (Å²) in [6.07, 6.45) is -0.415. The van der Waals surface area contributed by atoms with Gasteiger partial charge in [-0.2, -0.15) is 0 Å². The van der Waals surface area contributed by atoms with Gasteiger partial charge in [-0.15, -0.1) is 0 Å². The smallest absolute Gasteiger partial charge is 0.265 e. The first-order chi connectivity index (χ1) is 11.5. The van der Waals surface area contributed by atoms with Crippen LogP contribution in [0.2, 0.25) is 0 Å². The SMILES string of the molecule is CC[C@H](Oc1ccccc1F)C(=O)Nc1ccc(NC(C)=O)cc1. The van der Waals surface area contributed by atoms with Crippen LogP contribution < -0.4 is 15.4 Å². The molecule has 2 rings (SSSR count). The van der Waals surface area contributed by atoms with E-state index >= 15 is 0 Å². The number of ether oxygens (including phenoxy) is 1. The molecule has 0 radical (unpaired) electrons. The van der Waals surface area contributed by atoms with Crippen LogP contribution in [0.5, 0.6) is 5.75 Å². The van der Waals surface area contributed by atoms with E-state index in [1.165, 1.54) is 19.1 Å². The van der Waals surface area contributed by atoms with E-state index in [-0.39, 0.29) is 17.6 Å². The standard InChI is InChI=1S/C18H19FN2O3/c1-3-16(24-17-7-5-4-6-15(17)19)18(23)21-14-10-8-13(9-11-14)20-12(2)22/h4-11,16H,3H2,1-2H3,(H,20,22)(H,21,23)/t16-/m0/s1. The lowest BCUT2D eigenvalue weighted by molar-refractivity contribution is -0.123. The first-order valence-electron chi connectivity index (χ1n) is 7.59. The molecule has 24 heavy (non-hydrogen) atoms. The third-order valence-electron chi connectivity index (χ3n) is 3.24. The molecule has 2 N–H and O–H groups in total. The maximum Gasteiger partial charge on any atom is 0.265 e. The number of carbonyl (C=O) groups excluding carboxylic acids is 2. The number of rotatable bonds is 6. The molecule has 0 saturated carbocycles. The van der Waals surface area contributed by atoms with Crippen molar-refractivity contribution in [1.29, 1.82) is 0 Å². The van der Waals surface area contributed by atoms with Gasteiger partial charge in [0, 0.05) is 18.3 Å². The highest BCUT2D eigenvalue weighted by Gasteiger charge is 2.20. The Kier molecular flexibility index (Phi) is 5.89. The van der Waals surface area contributed by atoms with Gasteiger partial charge in [0.2, 0.25) is 5.91 Å². The van der Waals surface area contributed by atoms with Crippen molar-refractivity contribution < 1.29 is 18.7 Å². The predicted octanol–water partition coefficient (Wildman–Crippen LogP) is 3.58. The fraction of sp³-hybridized carbons (Fsp3) is 0.222. The van der Waals surface area contributed by atoms with Gasteiger partial charge in [-0.1, -0.05) is 19.1 Å². The minimum atomic E-state index is -0.808. The molecule has 0 aliphatic rings. The molecule has 6 heteroatoms. The number of hydrogen-bond donors (Lipinski definition) is 2. The third kappa shape index (κ3) is 4.81. The Morgan fingerprint density at radius 3 is 2.17 bits per heavy atom. The molecule has 126 valence electrons. The van der Waals surface area contributed by atoms with E-state index in [2.05, 4.69) is 10.6 Å². The average molecular weight is 330 g/mol. The van der Waals surface area contributed by atoms with Crippen LogP contribution in [0.25, 0.3) is 0 Å². The zero-order valence-corrected chi connectivity index (χ0v) is 13.5. The maximum absolute atomic E-state index is 13.6. The molecule has 0 unspecified atom stereocenters. The number of para-hydroxylation sites is 1. The normalized spacial score (nSPS) is 11.5. The Morgan fingerprint density at radius 1 is 1.04 bits per heavy atom. The molecule has 1 atom stereocenters. The van der Waals surface area contributed by atoms with Gasteiger partial charge in [0.25, 0.3) is 5.91 Å². The summed E-state index contributed by atoms with van der Waals surface area (Å²) in [5.41, 5.74) is 1.19. The van der Waals surface area contributed by atoms with Crippen molar-refractivity contribution in [2.75, 3.05) is 10.6 Å². The van der Waals surface area contributed by atoms with Crippen molar-refractivity contribution in [2.45, 2.75) is 26.4 Å². The second-order valence-corrected chi connectivity index (χ2v) is 5.19. The maximum atomic E-state index is 13.6. The number of halogens is 1. The van der Waals surface area contributed by atoms with Gasteiger partial charge in [0.1, 0.15) is 0 Å². The topological polar surface area (TPSA) is 67.4 Å². The van der Waals surface area contributed by atoms with Gasteiger partial charge < -0.3 is 15.4 Å². The van der Waals surface area contributed by atoms with Crippen LogP contribution in [-0.2, 0) is 9.59 Å². The number of nitrogens with one attached hydrogen (secondary N) is 2. The second-order valence-electron chi connectivity index (χ2n) is 5.19. The van der Waals surface area contributed by atoms with Gasteiger partial charge in [0.05, 0.1) is 0 Å². The van der Waals surface area contributed by atoms with Crippen LogP contribution in [0.1, 0.15) is 20.3 Å². The number of amides is 2. The van der Waals surface area contributed by atoms with Crippen molar-refractivity contribution in [1.82, 2.24) is 0 Å². The summed E-state index contributed by atoms with van der Waals surface area (Å²) in [6, 6.07) is 12.6. The van der Waals surface area contributed by atoms with Crippen molar-refractivity contribution in [2.24, 2.45) is 0 Å². The average Bonchev–Trinajstić information content (AvgIpc) is 2.55. The number of hydrogen-bond acceptors (Lipinski definition) is 3. The lowest BCUT2D eigenvalue weighted by Crippen LogP contribution is -2.32. The fourth-order valence-corrected chi connectivity index (χ4v) is 2.08. The number of anilines is 2. The molecule has 0 aliphatic carbocycles. The Balaban J connectivity index is 2.01. The van der Waals surface area contributed by atoms with Crippen LogP contribution in [0, 0.1) is 5.82 Å². The van der Waals surface area contributed by atoms with E-state index in [4.69, 9.17) is 4.74 Å². The number of benzene rings is 2. The quantitative estimate of drug-likeness (QED) is 0.851. The summed E-state index contributed by atoms with van der Waals surface area (Å²) >= 11 is 0. The minimum absolute atomic E-state index is 0.0421. The molecule has 0 saturated heterocycles. The summed E-state index contributed by atoms with van der Waals surface area (Å²) in [5, 5.41) is 5.35. The van der Waals surface area contributed by atoms with Crippen LogP contribution in [0.15, 0.2) is 48.5 Å². The molecule has 2 aromatic rings. The molecule has 5 nitrogen and oxygen atoms in total. The Hall–Kier alpha value is -2.89. The molecule has 0 heterocycles. The van der Waals surface area contributed by atoms with E-state index in [0.717, 1.165) is 0 Å². The summed E-state index contributed by atoms with van der Waals surface area (Å²) in [6.45, 7) is 3.20. The van der Waals surface area contributed by atoms with Crippen molar-refractivity contribution >= 4 is 23.2 Å². The Bertz CT molecular complexity index is 716. The zero-order chi connectivity index (χ0) is 17.5. The third-order valence-corrected chi connectivity index (χ3v) is 3.24. The molecule has 0 spiro atoms. The van der Waals surface area contributed by atoms with Gasteiger partial charge in [-0.05, 0) is 42.8 Å². The highest BCUT2D eigenvalue weighted by atomic mass is 19.1. The number of carbonyl (C=O) groups is 2. The van der Waals surface area contributed by atoms with E-state index in [1.54, 1.807) is 43.3 Å². The summed E-state index contributed by atoms with van der Waals surface area (Å²) in [5.74, 6) is -1.01. The molecular weight excluding hydrogens is 311 g/mol. The highest BCUT2D eigenvalue weighted by molar-refractivity contribution is 5.95. The first kappa shape index (κ1) is 17.5. The molecule has 2 aromatic carbocycles. The van der Waals surface area contributed by atoms with Gasteiger partial charge in [-0.3, -0.25) is 9.59 Å². The second kappa shape index (κ2) is 8.10. The van der Waals surface area contributed by atoms with E-state index in [9.17, 15) is 14.0 Å². The van der Waals surface area contributed by atoms with Crippen LogP contribution in [-0.4, -0.2) is 17.9 Å². The van der Waals surface area contributed by atoms with Gasteiger partial charge >= 0.3 is 0 Å². The van der Waals surface area contributed by atoms with Crippen LogP contribution >= 0.6 is 0 Å². The Labute approximate surface area is 139 Å². The van der Waals surface area contributed by atoms with Crippen LogP contribution in [0.3, 0.4) is 0 Å². The summed E-state index contributed by atoms with van der Waals surface area (Å²) < 4.78 is 19.1. The molecule has 0 bridgehead atoms. The lowest BCUT2D eigenvalue weighted by atomic mass is 10.2. The summed E-state index contributed by atoms with van der Waals surface area (Å²) in [4.78, 5) is 23.3. The first-order valence-corrected chi connectivity index (χ1v) is 7.59. The minimum Gasteiger partial charge on any atom is -0.478 e. The molecule has 0 fully saturated rings. The molecule has 0 aliphatic heterocycles. The largest absolute Gasteiger partial charge is 0.478 e. The molecular formula is C18H19FN2O3. The van der Waals surface area contributed by atoms with Crippen molar-refractivity contribution in [3.63, 3.8) is 0 Å². The summed E-state index contributed by atoms with van der Waals surface area (Å²) in [7, 11) is 0. The zero-order valence-electron chi connectivity index (χ0n) is 13.5. The monoisotopic (exact) mass is 330 g/mol. The Morgan fingerprint density at radius 2 is 1.62 bits per heavy atom. The van der Waals surface area contributed by atoms with E-state index in [1.807, 2.05) is 0 Å². The fourth-order valence-electron chi connectivity index (χ4n) is 2.08. The van der Waals surface area contributed by atoms with Gasteiger partial charge in [-0.25, -0.2) is 4.39 Å². The van der Waals surface area contributed by atoms with E-state index < -0.39 is 11.9 Å². The predicted molar refractivity (Wildman–Crippen MR) is 90.5 cm³/mol. The van der Waals surface area contributed by atoms with Crippen molar-refractivity contribution in [3.05, 3.63) is 54.3 Å². The van der Waals surface area contributed by atoms with Crippen LogP contribution in [0.4, 0.5) is 15.8 Å². The van der Waals surface area contributed by atoms with E-state index in [0.29, 0.717) is 17.8 Å².